The summed E-state index contributed by atoms with van der Waals surface area (Å²) in [6.07, 6.45) is 5.26. The summed E-state index contributed by atoms with van der Waals surface area (Å²) in [6.45, 7) is 6.20. The molecule has 92 valence electrons. The first-order valence-electron chi connectivity index (χ1n) is 5.99. The van der Waals surface area contributed by atoms with Crippen LogP contribution in [0.3, 0.4) is 0 Å². The van der Waals surface area contributed by atoms with Gasteiger partial charge in [0.15, 0.2) is 0 Å². The van der Waals surface area contributed by atoms with Gasteiger partial charge in [-0.15, -0.1) is 0 Å². The first-order chi connectivity index (χ1) is 7.61. The van der Waals surface area contributed by atoms with E-state index in [4.69, 9.17) is 0 Å². The molecule has 0 amide bonds. The maximum atomic E-state index is 13.1. The molecular weight excluding hydrogens is 203 g/mol. The zero-order valence-electron chi connectivity index (χ0n) is 10.6. The molecule has 0 aliphatic heterocycles. The Bertz CT molecular complexity index is 261. The molecule has 0 bridgehead atoms. The molecule has 1 rings (SSSR count). The van der Waals surface area contributed by atoms with Crippen molar-refractivity contribution in [3.05, 3.63) is 23.8 Å². The average molecular weight is 226 g/mol. The third-order valence-electron chi connectivity index (χ3n) is 2.99. The van der Waals surface area contributed by atoms with Gasteiger partial charge in [-0.25, -0.2) is 4.39 Å². The molecule has 0 saturated carbocycles. The van der Waals surface area contributed by atoms with Crippen LogP contribution in [-0.4, -0.2) is 56.2 Å². The van der Waals surface area contributed by atoms with Gasteiger partial charge in [0.25, 0.3) is 0 Å². The Labute approximate surface area is 98.4 Å². The zero-order chi connectivity index (χ0) is 12.0. The zero-order valence-corrected chi connectivity index (χ0v) is 10.6. The minimum atomic E-state index is -0.785. The predicted molar refractivity (Wildman–Crippen MR) is 67.4 cm³/mol. The van der Waals surface area contributed by atoms with Gasteiger partial charge >= 0.3 is 0 Å². The lowest BCUT2D eigenvalue weighted by molar-refractivity contribution is 0.271. The van der Waals surface area contributed by atoms with Gasteiger partial charge in [-0.3, -0.25) is 0 Å². The number of allylic oxidation sites excluding steroid dienone is 3. The van der Waals surface area contributed by atoms with Crippen LogP contribution in [0.25, 0.3) is 0 Å². The number of hydrogen-bond donors (Lipinski definition) is 0. The molecule has 1 aliphatic carbocycles. The van der Waals surface area contributed by atoms with Gasteiger partial charge < -0.3 is 9.80 Å². The largest absolute Gasteiger partial charge is 0.305 e. The van der Waals surface area contributed by atoms with E-state index in [1.807, 2.05) is 12.2 Å². The van der Waals surface area contributed by atoms with Gasteiger partial charge in [-0.2, -0.15) is 0 Å². The maximum absolute atomic E-state index is 13.1. The lowest BCUT2D eigenvalue weighted by Gasteiger charge is -2.23. The van der Waals surface area contributed by atoms with Crippen LogP contribution in [0.15, 0.2) is 23.8 Å². The topological polar surface area (TPSA) is 6.48 Å². The fourth-order valence-corrected chi connectivity index (χ4v) is 1.74. The molecule has 0 aromatic rings. The minimum Gasteiger partial charge on any atom is -0.305 e. The van der Waals surface area contributed by atoms with E-state index in [2.05, 4.69) is 30.8 Å². The molecule has 0 N–H and O–H groups in total. The molecule has 0 radical (unpaired) electrons. The second kappa shape index (κ2) is 6.81. The molecular formula is C13H23FN2. The summed E-state index contributed by atoms with van der Waals surface area (Å²) in [4.78, 5) is 4.54. The van der Waals surface area contributed by atoms with Crippen molar-refractivity contribution in [2.45, 2.75) is 19.5 Å². The highest BCUT2D eigenvalue weighted by Crippen LogP contribution is 2.15. The summed E-state index contributed by atoms with van der Waals surface area (Å²) in [5.74, 6) is 0. The third-order valence-corrected chi connectivity index (χ3v) is 2.99. The lowest BCUT2D eigenvalue weighted by Crippen LogP contribution is -2.32. The van der Waals surface area contributed by atoms with E-state index in [-0.39, 0.29) is 0 Å². The third kappa shape index (κ3) is 4.90. The lowest BCUT2D eigenvalue weighted by atomic mass is 10.0. The highest BCUT2D eigenvalue weighted by Gasteiger charge is 2.11. The van der Waals surface area contributed by atoms with Crippen molar-refractivity contribution < 1.29 is 4.39 Å². The summed E-state index contributed by atoms with van der Waals surface area (Å²) in [6, 6.07) is 0. The molecule has 0 aromatic heterocycles. The van der Waals surface area contributed by atoms with Gasteiger partial charge in [-0.1, -0.05) is 30.7 Å². The van der Waals surface area contributed by atoms with E-state index in [0.29, 0.717) is 6.42 Å². The minimum absolute atomic E-state index is 0.560. The number of halogens is 1. The number of hydrogen-bond acceptors (Lipinski definition) is 2. The smallest absolute Gasteiger partial charge is 0.122 e. The number of alkyl halides is 1. The second-order valence-electron chi connectivity index (χ2n) is 4.56. The second-order valence-corrected chi connectivity index (χ2v) is 4.56. The van der Waals surface area contributed by atoms with Gasteiger partial charge in [0.05, 0.1) is 0 Å². The van der Waals surface area contributed by atoms with Crippen LogP contribution in [-0.2, 0) is 0 Å². The Kier molecular flexibility index (Phi) is 5.71. The van der Waals surface area contributed by atoms with Crippen LogP contribution >= 0.6 is 0 Å². The summed E-state index contributed by atoms with van der Waals surface area (Å²) in [5.41, 5.74) is 1.19. The van der Waals surface area contributed by atoms with Crippen molar-refractivity contribution in [3.8, 4) is 0 Å². The Hall–Kier alpha value is -0.670. The Morgan fingerprint density at radius 2 is 2.00 bits per heavy atom. The molecule has 16 heavy (non-hydrogen) atoms. The molecule has 3 heteroatoms. The Morgan fingerprint density at radius 1 is 1.31 bits per heavy atom. The highest BCUT2D eigenvalue weighted by molar-refractivity contribution is 5.21. The molecule has 0 heterocycles. The summed E-state index contributed by atoms with van der Waals surface area (Å²) >= 11 is 0. The first-order valence-corrected chi connectivity index (χ1v) is 5.99. The van der Waals surface area contributed by atoms with Crippen LogP contribution in [0.4, 0.5) is 4.39 Å². The van der Waals surface area contributed by atoms with Gasteiger partial charge in [-0.05, 0) is 20.6 Å². The monoisotopic (exact) mass is 226 g/mol. The maximum Gasteiger partial charge on any atom is 0.122 e. The quantitative estimate of drug-likeness (QED) is 0.684. The van der Waals surface area contributed by atoms with E-state index in [9.17, 15) is 4.39 Å². The molecule has 1 aliphatic rings. The molecule has 0 saturated heterocycles. The molecule has 2 nitrogen and oxygen atoms in total. The number of likely N-dealkylation sites (N-methyl/N-ethyl adjacent to an activating group) is 2. The van der Waals surface area contributed by atoms with Crippen LogP contribution in [0.2, 0.25) is 0 Å². The Balaban J connectivity index is 2.26. The van der Waals surface area contributed by atoms with E-state index in [1.54, 1.807) is 6.08 Å². The van der Waals surface area contributed by atoms with Crippen molar-refractivity contribution in [1.82, 2.24) is 9.80 Å². The molecule has 1 atom stereocenters. The van der Waals surface area contributed by atoms with Crippen molar-refractivity contribution in [2.75, 3.05) is 40.3 Å². The van der Waals surface area contributed by atoms with E-state index in [0.717, 1.165) is 26.2 Å². The van der Waals surface area contributed by atoms with Gasteiger partial charge in [0.1, 0.15) is 6.17 Å². The van der Waals surface area contributed by atoms with Crippen LogP contribution in [0.5, 0.6) is 0 Å². The SMILES string of the molecule is CCN(C)CCN(C)CC1=CC=CC(F)C1. The van der Waals surface area contributed by atoms with Crippen LogP contribution < -0.4 is 0 Å². The molecule has 0 fully saturated rings. The summed E-state index contributed by atoms with van der Waals surface area (Å²) in [5, 5.41) is 0. The van der Waals surface area contributed by atoms with E-state index in [1.165, 1.54) is 5.57 Å². The van der Waals surface area contributed by atoms with Gasteiger partial charge in [0.2, 0.25) is 0 Å². The van der Waals surface area contributed by atoms with Crippen molar-refractivity contribution >= 4 is 0 Å². The Morgan fingerprint density at radius 3 is 2.62 bits per heavy atom. The van der Waals surface area contributed by atoms with Crippen LogP contribution in [0.1, 0.15) is 13.3 Å². The summed E-state index contributed by atoms with van der Waals surface area (Å²) < 4.78 is 13.1. The van der Waals surface area contributed by atoms with Crippen molar-refractivity contribution in [2.24, 2.45) is 0 Å². The average Bonchev–Trinajstić information content (AvgIpc) is 2.26. The van der Waals surface area contributed by atoms with Crippen LogP contribution in [0, 0.1) is 0 Å². The van der Waals surface area contributed by atoms with E-state index < -0.39 is 6.17 Å². The molecule has 0 aromatic carbocycles. The van der Waals surface area contributed by atoms with E-state index >= 15 is 0 Å². The van der Waals surface area contributed by atoms with Crippen molar-refractivity contribution in [3.63, 3.8) is 0 Å². The fourth-order valence-electron chi connectivity index (χ4n) is 1.74. The molecule has 1 unspecified atom stereocenters. The number of nitrogens with zero attached hydrogens (tertiary/aromatic N) is 2. The normalized spacial score (nSPS) is 20.6. The standard InChI is InChI=1S/C13H23FN2/c1-4-15(2)8-9-16(3)11-12-6-5-7-13(14)10-12/h5-7,13H,4,8-11H2,1-3H3. The predicted octanol–water partition coefficient (Wildman–Crippen LogP) is 2.09. The van der Waals surface area contributed by atoms with Crippen molar-refractivity contribution in [1.29, 1.82) is 0 Å². The summed E-state index contributed by atoms with van der Waals surface area (Å²) in [7, 11) is 4.21. The number of rotatable bonds is 6. The highest BCUT2D eigenvalue weighted by atomic mass is 19.1. The first kappa shape index (κ1) is 13.4. The van der Waals surface area contributed by atoms with Gasteiger partial charge in [0, 0.05) is 26.1 Å². The fraction of sp³-hybridized carbons (Fsp3) is 0.692. The molecule has 0 spiro atoms.